The van der Waals surface area contributed by atoms with Crippen LogP contribution in [0.1, 0.15) is 37.8 Å². The molecular formula is C16H23N3O. The molecule has 1 aromatic carbocycles. The van der Waals surface area contributed by atoms with Crippen molar-refractivity contribution in [1.29, 1.82) is 0 Å². The quantitative estimate of drug-likeness (QED) is 0.916. The third-order valence-electron chi connectivity index (χ3n) is 3.80. The molecule has 4 heteroatoms. The summed E-state index contributed by atoms with van der Waals surface area (Å²) in [6, 6.07) is 5.90. The molecule has 0 bridgehead atoms. The molecule has 0 aliphatic carbocycles. The molecule has 20 heavy (non-hydrogen) atoms. The maximum atomic E-state index is 12.1. The first-order valence-electron chi connectivity index (χ1n) is 7.36. The molecule has 0 spiro atoms. The molecule has 108 valence electrons. The van der Waals surface area contributed by atoms with Crippen LogP contribution in [0.15, 0.2) is 23.2 Å². The van der Waals surface area contributed by atoms with Crippen LogP contribution in [0.25, 0.3) is 0 Å². The van der Waals surface area contributed by atoms with E-state index >= 15 is 0 Å². The van der Waals surface area contributed by atoms with Gasteiger partial charge in [-0.25, -0.2) is 4.79 Å². The van der Waals surface area contributed by atoms with E-state index in [9.17, 15) is 4.79 Å². The summed E-state index contributed by atoms with van der Waals surface area (Å²) >= 11 is 0. The van der Waals surface area contributed by atoms with E-state index in [1.54, 1.807) is 0 Å². The predicted octanol–water partition coefficient (Wildman–Crippen LogP) is 3.47. The van der Waals surface area contributed by atoms with Crippen LogP contribution in [0.5, 0.6) is 0 Å². The first-order valence-corrected chi connectivity index (χ1v) is 7.36. The fourth-order valence-corrected chi connectivity index (χ4v) is 2.59. The molecule has 0 aromatic heterocycles. The minimum atomic E-state index is -0.260. The number of hydrogen-bond acceptors (Lipinski definition) is 1. The summed E-state index contributed by atoms with van der Waals surface area (Å²) in [5.74, 6) is 0.884. The number of likely N-dealkylation sites (tertiary alicyclic amines) is 1. The fraction of sp³-hybridized carbons (Fsp3) is 0.500. The maximum absolute atomic E-state index is 12.1. The number of carbonyl (C=O) groups is 1. The third kappa shape index (κ3) is 3.18. The van der Waals surface area contributed by atoms with Gasteiger partial charge in [-0.1, -0.05) is 32.0 Å². The van der Waals surface area contributed by atoms with Crippen LogP contribution in [0.4, 0.5) is 10.5 Å². The number of carbonyl (C=O) groups excluding carboxylic acids is 1. The second kappa shape index (κ2) is 6.55. The van der Waals surface area contributed by atoms with Gasteiger partial charge in [-0.2, -0.15) is 4.99 Å². The number of hydrogen-bond donors (Lipinski definition) is 1. The third-order valence-corrected chi connectivity index (χ3v) is 3.80. The average molecular weight is 273 g/mol. The molecule has 1 aliphatic heterocycles. The number of anilines is 1. The molecule has 1 N–H and O–H groups in total. The predicted molar refractivity (Wildman–Crippen MR) is 83.5 cm³/mol. The van der Waals surface area contributed by atoms with Crippen molar-refractivity contribution in [2.45, 2.75) is 39.5 Å². The summed E-state index contributed by atoms with van der Waals surface area (Å²) in [5.41, 5.74) is 3.27. The number of nitrogens with zero attached hydrogens (tertiary/aromatic N) is 2. The Labute approximate surface area is 120 Å². The molecule has 0 radical (unpaired) electrons. The van der Waals surface area contributed by atoms with Gasteiger partial charge in [0, 0.05) is 25.7 Å². The Hall–Kier alpha value is -1.84. The van der Waals surface area contributed by atoms with E-state index < -0.39 is 0 Å². The van der Waals surface area contributed by atoms with Crippen LogP contribution in [-0.4, -0.2) is 30.4 Å². The summed E-state index contributed by atoms with van der Waals surface area (Å²) in [4.78, 5) is 18.4. The van der Waals surface area contributed by atoms with Gasteiger partial charge in [0.2, 0.25) is 0 Å². The van der Waals surface area contributed by atoms with Crippen molar-refractivity contribution in [1.82, 2.24) is 4.90 Å². The Morgan fingerprint density at radius 3 is 2.45 bits per heavy atom. The number of amides is 2. The molecule has 1 saturated heterocycles. The summed E-state index contributed by atoms with van der Waals surface area (Å²) in [5, 5.41) is 2.98. The van der Waals surface area contributed by atoms with Gasteiger partial charge < -0.3 is 10.2 Å². The minimum Gasteiger partial charge on any atom is -0.363 e. The lowest BCUT2D eigenvalue weighted by atomic mass is 10.0. The standard InChI is InChI=1S/C16H23N3O/c1-4-12-8-6-9-13(5-2)15(12)18-16(20)17-14-10-7-11-19(14)3/h6,8-9H,4-5,7,10-11H2,1-3H3,(H,18,20). The van der Waals surface area contributed by atoms with Crippen LogP contribution >= 0.6 is 0 Å². The zero-order valence-electron chi connectivity index (χ0n) is 12.6. The Balaban J connectivity index is 2.19. The number of aryl methyl sites for hydroxylation is 2. The van der Waals surface area contributed by atoms with Gasteiger partial charge in [0.25, 0.3) is 0 Å². The Morgan fingerprint density at radius 2 is 1.95 bits per heavy atom. The number of urea groups is 1. The Morgan fingerprint density at radius 1 is 1.30 bits per heavy atom. The number of amidine groups is 1. The highest BCUT2D eigenvalue weighted by molar-refractivity contribution is 6.01. The Bertz CT molecular complexity index is 500. The number of benzene rings is 1. The molecule has 0 unspecified atom stereocenters. The van der Waals surface area contributed by atoms with E-state index in [2.05, 4.69) is 36.3 Å². The van der Waals surface area contributed by atoms with Gasteiger partial charge in [-0.15, -0.1) is 0 Å². The van der Waals surface area contributed by atoms with E-state index in [0.717, 1.165) is 54.9 Å². The smallest absolute Gasteiger partial charge is 0.347 e. The first kappa shape index (κ1) is 14.6. The number of nitrogens with one attached hydrogen (secondary N) is 1. The normalized spacial score (nSPS) is 16.8. The van der Waals surface area contributed by atoms with E-state index in [4.69, 9.17) is 0 Å². The molecular weight excluding hydrogens is 250 g/mol. The van der Waals surface area contributed by atoms with Crippen LogP contribution in [0.3, 0.4) is 0 Å². The molecule has 1 fully saturated rings. The van der Waals surface area contributed by atoms with Crippen molar-refractivity contribution >= 4 is 17.6 Å². The van der Waals surface area contributed by atoms with E-state index in [-0.39, 0.29) is 6.03 Å². The molecule has 1 aromatic rings. The van der Waals surface area contributed by atoms with Crippen LogP contribution in [-0.2, 0) is 12.8 Å². The number of para-hydroxylation sites is 1. The van der Waals surface area contributed by atoms with Crippen molar-refractivity contribution in [3.63, 3.8) is 0 Å². The second-order valence-corrected chi connectivity index (χ2v) is 5.14. The van der Waals surface area contributed by atoms with Gasteiger partial charge in [0.15, 0.2) is 0 Å². The first-order chi connectivity index (χ1) is 9.65. The largest absolute Gasteiger partial charge is 0.363 e. The average Bonchev–Trinajstić information content (AvgIpc) is 2.84. The second-order valence-electron chi connectivity index (χ2n) is 5.14. The molecule has 4 nitrogen and oxygen atoms in total. The summed E-state index contributed by atoms with van der Waals surface area (Å²) in [7, 11) is 1.98. The molecule has 1 aliphatic rings. The van der Waals surface area contributed by atoms with Crippen molar-refractivity contribution in [3.05, 3.63) is 29.3 Å². The van der Waals surface area contributed by atoms with Gasteiger partial charge >= 0.3 is 6.03 Å². The fourth-order valence-electron chi connectivity index (χ4n) is 2.59. The molecule has 1 heterocycles. The van der Waals surface area contributed by atoms with Crippen LogP contribution < -0.4 is 5.32 Å². The van der Waals surface area contributed by atoms with Crippen molar-refractivity contribution in [3.8, 4) is 0 Å². The van der Waals surface area contributed by atoms with E-state index in [0.29, 0.717) is 0 Å². The van der Waals surface area contributed by atoms with Crippen LogP contribution in [0.2, 0.25) is 0 Å². The molecule has 2 amide bonds. The van der Waals surface area contributed by atoms with Crippen molar-refractivity contribution in [2.24, 2.45) is 4.99 Å². The maximum Gasteiger partial charge on any atom is 0.347 e. The number of rotatable bonds is 3. The highest BCUT2D eigenvalue weighted by atomic mass is 16.2. The van der Waals surface area contributed by atoms with Gasteiger partial charge in [-0.05, 0) is 30.4 Å². The van der Waals surface area contributed by atoms with Gasteiger partial charge in [0.1, 0.15) is 5.84 Å². The summed E-state index contributed by atoms with van der Waals surface area (Å²) in [6.07, 6.45) is 3.77. The van der Waals surface area contributed by atoms with E-state index in [1.165, 1.54) is 0 Å². The Kier molecular flexibility index (Phi) is 4.77. The highest BCUT2D eigenvalue weighted by Crippen LogP contribution is 2.23. The molecule has 0 saturated carbocycles. The number of aliphatic imine (C=N–C) groups is 1. The summed E-state index contributed by atoms with van der Waals surface area (Å²) < 4.78 is 0. The lowest BCUT2D eigenvalue weighted by Crippen LogP contribution is -2.22. The lowest BCUT2D eigenvalue weighted by molar-refractivity contribution is 0.259. The monoisotopic (exact) mass is 273 g/mol. The van der Waals surface area contributed by atoms with Crippen molar-refractivity contribution in [2.75, 3.05) is 18.9 Å². The molecule has 0 atom stereocenters. The van der Waals surface area contributed by atoms with Gasteiger partial charge in [0.05, 0.1) is 0 Å². The van der Waals surface area contributed by atoms with E-state index in [1.807, 2.05) is 18.0 Å². The highest BCUT2D eigenvalue weighted by Gasteiger charge is 2.16. The topological polar surface area (TPSA) is 44.7 Å². The minimum absolute atomic E-state index is 0.260. The van der Waals surface area contributed by atoms with Crippen molar-refractivity contribution < 1.29 is 4.79 Å². The van der Waals surface area contributed by atoms with Crippen LogP contribution in [0, 0.1) is 0 Å². The lowest BCUT2D eigenvalue weighted by Gasteiger charge is -2.14. The zero-order chi connectivity index (χ0) is 14.5. The summed E-state index contributed by atoms with van der Waals surface area (Å²) in [6.45, 7) is 5.18. The zero-order valence-corrected chi connectivity index (χ0v) is 12.6. The van der Waals surface area contributed by atoms with Gasteiger partial charge in [-0.3, -0.25) is 0 Å². The molecule has 2 rings (SSSR count). The SMILES string of the molecule is CCc1cccc(CC)c1NC(=O)N=C1CCCN1C.